The maximum Gasteiger partial charge on any atom is 0.389 e. The number of amides is 1. The number of hydrogen-bond acceptors (Lipinski definition) is 3. The van der Waals surface area contributed by atoms with Gasteiger partial charge in [0.15, 0.2) is 0 Å². The van der Waals surface area contributed by atoms with Gasteiger partial charge in [-0.15, -0.1) is 0 Å². The van der Waals surface area contributed by atoms with Crippen molar-refractivity contribution in [2.45, 2.75) is 109 Å². The Morgan fingerprint density at radius 3 is 1.83 bits per heavy atom. The molecule has 0 aliphatic carbocycles. The number of aliphatic carboxylic acids is 1. The highest BCUT2D eigenvalue weighted by Crippen LogP contribution is 2.23. The fraction of sp³-hybridized carbons (Fsp3) is 0.704. The molecular weight excluding hydrogens is 457 g/mol. The van der Waals surface area contributed by atoms with E-state index < -0.39 is 18.6 Å². The van der Waals surface area contributed by atoms with Crippen LogP contribution in [0.2, 0.25) is 0 Å². The van der Waals surface area contributed by atoms with Crippen LogP contribution in [0.3, 0.4) is 0 Å². The van der Waals surface area contributed by atoms with Gasteiger partial charge >= 0.3 is 12.1 Å². The lowest BCUT2D eigenvalue weighted by Gasteiger charge is -2.12. The van der Waals surface area contributed by atoms with Crippen molar-refractivity contribution >= 4 is 17.6 Å². The number of benzene rings is 1. The van der Waals surface area contributed by atoms with Crippen LogP contribution in [0.25, 0.3) is 0 Å². The van der Waals surface area contributed by atoms with E-state index in [2.05, 4.69) is 10.6 Å². The van der Waals surface area contributed by atoms with E-state index in [9.17, 15) is 22.8 Å². The zero-order valence-electron chi connectivity index (χ0n) is 21.2. The number of carboxylic acids is 1. The van der Waals surface area contributed by atoms with E-state index in [4.69, 9.17) is 5.11 Å². The SMILES string of the molecule is CCc1cc(NCCCCCCCCCCCCCCCC(F)(F)F)ccc1C(=O)NCC(=O)O. The predicted molar refractivity (Wildman–Crippen MR) is 135 cm³/mol. The summed E-state index contributed by atoms with van der Waals surface area (Å²) in [4.78, 5) is 22.8. The second kappa shape index (κ2) is 18.1. The van der Waals surface area contributed by atoms with Crippen LogP contribution < -0.4 is 10.6 Å². The van der Waals surface area contributed by atoms with Crippen molar-refractivity contribution in [2.24, 2.45) is 0 Å². The van der Waals surface area contributed by atoms with Crippen molar-refractivity contribution in [3.05, 3.63) is 29.3 Å². The third-order valence-corrected chi connectivity index (χ3v) is 6.10. The Kier molecular flexibility index (Phi) is 15.9. The molecule has 5 nitrogen and oxygen atoms in total. The van der Waals surface area contributed by atoms with Gasteiger partial charge in [-0.1, -0.05) is 77.6 Å². The number of halogens is 3. The highest BCUT2D eigenvalue weighted by Gasteiger charge is 2.25. The first-order chi connectivity index (χ1) is 16.7. The molecule has 0 saturated carbocycles. The molecule has 3 N–H and O–H groups in total. The molecule has 0 spiro atoms. The minimum Gasteiger partial charge on any atom is -0.480 e. The van der Waals surface area contributed by atoms with Gasteiger partial charge in [-0.25, -0.2) is 0 Å². The van der Waals surface area contributed by atoms with Crippen LogP contribution in [0.4, 0.5) is 18.9 Å². The molecule has 1 amide bonds. The van der Waals surface area contributed by atoms with E-state index in [1.807, 2.05) is 19.1 Å². The molecule has 35 heavy (non-hydrogen) atoms. The molecule has 0 aliphatic rings. The fourth-order valence-corrected chi connectivity index (χ4v) is 4.10. The van der Waals surface area contributed by atoms with Crippen LogP contribution in [0.5, 0.6) is 0 Å². The minimum atomic E-state index is -4.01. The quantitative estimate of drug-likeness (QED) is 0.162. The van der Waals surface area contributed by atoms with Gasteiger partial charge in [0, 0.05) is 24.2 Å². The maximum absolute atomic E-state index is 12.1. The number of carbonyl (C=O) groups is 2. The van der Waals surface area contributed by atoms with Crippen molar-refractivity contribution in [3.8, 4) is 0 Å². The lowest BCUT2D eigenvalue weighted by molar-refractivity contribution is -0.136. The first-order valence-corrected chi connectivity index (χ1v) is 13.2. The molecule has 0 saturated heterocycles. The molecule has 0 bridgehead atoms. The molecule has 200 valence electrons. The lowest BCUT2D eigenvalue weighted by atomic mass is 10.0. The predicted octanol–water partition coefficient (Wildman–Crippen LogP) is 7.50. The summed E-state index contributed by atoms with van der Waals surface area (Å²) >= 11 is 0. The van der Waals surface area contributed by atoms with Gasteiger partial charge in [-0.2, -0.15) is 13.2 Å². The van der Waals surface area contributed by atoms with Crippen molar-refractivity contribution in [2.75, 3.05) is 18.4 Å². The summed E-state index contributed by atoms with van der Waals surface area (Å²) in [6, 6.07) is 5.56. The summed E-state index contributed by atoms with van der Waals surface area (Å²) in [6.45, 7) is 2.45. The lowest BCUT2D eigenvalue weighted by Crippen LogP contribution is -2.29. The average Bonchev–Trinajstić information content (AvgIpc) is 2.81. The Labute approximate surface area is 208 Å². The number of unbranched alkanes of at least 4 members (excludes halogenated alkanes) is 12. The van der Waals surface area contributed by atoms with Crippen LogP contribution in [-0.2, 0) is 11.2 Å². The molecule has 0 aromatic heterocycles. The summed E-state index contributed by atoms with van der Waals surface area (Å²) in [6.07, 6.45) is 9.65. The smallest absolute Gasteiger partial charge is 0.389 e. The number of nitrogens with one attached hydrogen (secondary N) is 2. The third-order valence-electron chi connectivity index (χ3n) is 6.10. The van der Waals surface area contributed by atoms with Crippen LogP contribution in [0.15, 0.2) is 18.2 Å². The summed E-state index contributed by atoms with van der Waals surface area (Å²) in [5, 5.41) is 14.5. The summed E-state index contributed by atoms with van der Waals surface area (Å²) in [5.74, 6) is -1.43. The normalized spacial score (nSPS) is 11.4. The van der Waals surface area contributed by atoms with Gasteiger partial charge in [0.1, 0.15) is 6.54 Å². The second-order valence-corrected chi connectivity index (χ2v) is 9.19. The molecule has 0 atom stereocenters. The second-order valence-electron chi connectivity index (χ2n) is 9.19. The molecule has 0 heterocycles. The molecule has 0 radical (unpaired) electrons. The zero-order chi connectivity index (χ0) is 25.9. The van der Waals surface area contributed by atoms with Gasteiger partial charge in [0.05, 0.1) is 0 Å². The summed E-state index contributed by atoms with van der Waals surface area (Å²) in [7, 11) is 0. The van der Waals surface area contributed by atoms with Gasteiger partial charge in [0.2, 0.25) is 0 Å². The molecule has 1 aromatic carbocycles. The molecule has 0 unspecified atom stereocenters. The summed E-state index contributed by atoms with van der Waals surface area (Å²) < 4.78 is 36.2. The van der Waals surface area contributed by atoms with Crippen molar-refractivity contribution in [1.82, 2.24) is 5.32 Å². The monoisotopic (exact) mass is 500 g/mol. The molecule has 1 aromatic rings. The molecule has 0 fully saturated rings. The van der Waals surface area contributed by atoms with E-state index in [1.165, 1.54) is 44.9 Å². The van der Waals surface area contributed by atoms with Crippen molar-refractivity contribution < 1.29 is 27.9 Å². The number of anilines is 1. The highest BCUT2D eigenvalue weighted by molar-refractivity contribution is 5.97. The van der Waals surface area contributed by atoms with E-state index in [-0.39, 0.29) is 18.9 Å². The molecule has 1 rings (SSSR count). The zero-order valence-corrected chi connectivity index (χ0v) is 21.2. The highest BCUT2D eigenvalue weighted by atomic mass is 19.4. The van der Waals surface area contributed by atoms with E-state index in [0.717, 1.165) is 43.5 Å². The third kappa shape index (κ3) is 16.1. The fourth-order valence-electron chi connectivity index (χ4n) is 4.10. The number of carbonyl (C=O) groups excluding carboxylic acids is 1. The molecular formula is C27H43F3N2O3. The Hall–Kier alpha value is -2.25. The van der Waals surface area contributed by atoms with Crippen LogP contribution in [0, 0.1) is 0 Å². The average molecular weight is 501 g/mol. The maximum atomic E-state index is 12.1. The number of carboxylic acid groups (broad SMARTS) is 1. The molecule has 0 aliphatic heterocycles. The first-order valence-electron chi connectivity index (χ1n) is 13.2. The van der Waals surface area contributed by atoms with E-state index >= 15 is 0 Å². The summed E-state index contributed by atoms with van der Waals surface area (Å²) in [5.41, 5.74) is 2.37. The Balaban J connectivity index is 2.02. The topological polar surface area (TPSA) is 78.4 Å². The number of hydrogen-bond donors (Lipinski definition) is 3. The van der Waals surface area contributed by atoms with Crippen LogP contribution in [-0.4, -0.2) is 36.2 Å². The minimum absolute atomic E-state index is 0.264. The Morgan fingerprint density at radius 2 is 1.34 bits per heavy atom. The standard InChI is InChI=1S/C27H43F3N2O3/c1-2-22-20-23(16-17-24(22)26(35)32-21-25(33)34)31-19-15-13-11-9-7-5-3-4-6-8-10-12-14-18-27(28,29)30/h16-17,20,31H,2-15,18-19,21H2,1H3,(H,32,35)(H,33,34). The number of rotatable bonds is 20. The van der Waals surface area contributed by atoms with Gasteiger partial charge < -0.3 is 15.7 Å². The van der Waals surface area contributed by atoms with Crippen molar-refractivity contribution in [1.29, 1.82) is 0 Å². The molecule has 8 heteroatoms. The van der Waals surface area contributed by atoms with Crippen LogP contribution >= 0.6 is 0 Å². The van der Waals surface area contributed by atoms with E-state index in [0.29, 0.717) is 18.4 Å². The van der Waals surface area contributed by atoms with Gasteiger partial charge in [0.25, 0.3) is 5.91 Å². The van der Waals surface area contributed by atoms with Gasteiger partial charge in [-0.05, 0) is 43.0 Å². The van der Waals surface area contributed by atoms with Crippen molar-refractivity contribution in [3.63, 3.8) is 0 Å². The number of alkyl halides is 3. The largest absolute Gasteiger partial charge is 0.480 e. The Morgan fingerprint density at radius 1 is 0.829 bits per heavy atom. The van der Waals surface area contributed by atoms with E-state index in [1.54, 1.807) is 6.07 Å². The number of aryl methyl sites for hydroxylation is 1. The van der Waals surface area contributed by atoms with Gasteiger partial charge in [-0.3, -0.25) is 9.59 Å². The Bertz CT molecular complexity index is 739. The van der Waals surface area contributed by atoms with Crippen LogP contribution in [0.1, 0.15) is 113 Å². The first kappa shape index (κ1) is 30.8.